The molecule has 0 aliphatic heterocycles. The van der Waals surface area contributed by atoms with Crippen LogP contribution in [0.5, 0.6) is 0 Å². The third kappa shape index (κ3) is 4.31. The monoisotopic (exact) mass is 390 g/mol. The van der Waals surface area contributed by atoms with E-state index >= 15 is 0 Å². The van der Waals surface area contributed by atoms with Crippen LogP contribution in [-0.2, 0) is 18.4 Å². The van der Waals surface area contributed by atoms with Gasteiger partial charge in [0.1, 0.15) is 23.8 Å². The number of aliphatic imine (C=N–C) groups is 1. The maximum atomic E-state index is 14.5. The van der Waals surface area contributed by atoms with Crippen LogP contribution in [0.25, 0.3) is 0 Å². The van der Waals surface area contributed by atoms with Gasteiger partial charge in [0.2, 0.25) is 0 Å². The van der Waals surface area contributed by atoms with E-state index in [0.29, 0.717) is 25.6 Å². The summed E-state index contributed by atoms with van der Waals surface area (Å²) in [5.41, 5.74) is -0.344. The zero-order valence-electron chi connectivity index (χ0n) is 16.5. The Morgan fingerprint density at radius 3 is 2.57 bits per heavy atom. The van der Waals surface area contributed by atoms with Crippen molar-refractivity contribution >= 4 is 5.96 Å². The summed E-state index contributed by atoms with van der Waals surface area (Å²) in [6, 6.07) is 4.10. The van der Waals surface area contributed by atoms with E-state index in [4.69, 9.17) is 0 Å². The molecule has 0 atom stereocenters. The predicted molar refractivity (Wildman–Crippen MR) is 105 cm³/mol. The van der Waals surface area contributed by atoms with E-state index < -0.39 is 17.0 Å². The van der Waals surface area contributed by atoms with Crippen LogP contribution in [0.1, 0.15) is 44.0 Å². The average molecular weight is 390 g/mol. The Morgan fingerprint density at radius 1 is 1.21 bits per heavy atom. The third-order valence-electron chi connectivity index (χ3n) is 5.53. The number of rotatable bonds is 7. The molecule has 1 saturated carbocycles. The van der Waals surface area contributed by atoms with Crippen molar-refractivity contribution in [2.75, 3.05) is 20.1 Å². The minimum absolute atomic E-state index is 0.201. The van der Waals surface area contributed by atoms with Gasteiger partial charge in [-0.15, -0.1) is 10.2 Å². The summed E-state index contributed by atoms with van der Waals surface area (Å²) < 4.78 is 30.9. The van der Waals surface area contributed by atoms with Crippen LogP contribution in [0.15, 0.2) is 29.5 Å². The SMILES string of the molecule is CCc1nncn1CCNC(=NC)NCC1(c2c(F)cccc2F)CCCC1. The molecule has 1 fully saturated rings. The summed E-state index contributed by atoms with van der Waals surface area (Å²) >= 11 is 0. The minimum Gasteiger partial charge on any atom is -0.356 e. The number of halogens is 2. The van der Waals surface area contributed by atoms with Gasteiger partial charge in [-0.1, -0.05) is 25.8 Å². The Kier molecular flexibility index (Phi) is 6.59. The molecule has 0 unspecified atom stereocenters. The first kappa shape index (κ1) is 20.2. The van der Waals surface area contributed by atoms with Gasteiger partial charge in [0, 0.05) is 44.1 Å². The molecule has 28 heavy (non-hydrogen) atoms. The van der Waals surface area contributed by atoms with Crippen molar-refractivity contribution in [1.82, 2.24) is 25.4 Å². The van der Waals surface area contributed by atoms with E-state index in [9.17, 15) is 8.78 Å². The van der Waals surface area contributed by atoms with E-state index in [2.05, 4.69) is 25.8 Å². The summed E-state index contributed by atoms with van der Waals surface area (Å²) in [6.45, 7) is 3.84. The lowest BCUT2D eigenvalue weighted by Crippen LogP contribution is -2.46. The number of hydrogen-bond donors (Lipinski definition) is 2. The summed E-state index contributed by atoms with van der Waals surface area (Å²) in [4.78, 5) is 4.25. The van der Waals surface area contributed by atoms with E-state index in [0.717, 1.165) is 37.9 Å². The van der Waals surface area contributed by atoms with E-state index in [-0.39, 0.29) is 5.56 Å². The zero-order valence-corrected chi connectivity index (χ0v) is 16.5. The van der Waals surface area contributed by atoms with Crippen LogP contribution in [-0.4, -0.2) is 40.9 Å². The highest BCUT2D eigenvalue weighted by Gasteiger charge is 2.39. The van der Waals surface area contributed by atoms with Crippen molar-refractivity contribution in [3.8, 4) is 0 Å². The molecule has 1 heterocycles. The maximum absolute atomic E-state index is 14.5. The fourth-order valence-corrected chi connectivity index (χ4v) is 4.08. The van der Waals surface area contributed by atoms with Crippen LogP contribution < -0.4 is 10.6 Å². The molecule has 0 spiro atoms. The van der Waals surface area contributed by atoms with Crippen molar-refractivity contribution in [2.45, 2.75) is 51.0 Å². The number of aryl methyl sites for hydroxylation is 1. The van der Waals surface area contributed by atoms with Crippen LogP contribution >= 0.6 is 0 Å². The number of nitrogens with zero attached hydrogens (tertiary/aromatic N) is 4. The lowest BCUT2D eigenvalue weighted by molar-refractivity contribution is 0.386. The Morgan fingerprint density at radius 2 is 1.93 bits per heavy atom. The van der Waals surface area contributed by atoms with Crippen LogP contribution in [0.4, 0.5) is 8.78 Å². The van der Waals surface area contributed by atoms with Crippen molar-refractivity contribution in [3.63, 3.8) is 0 Å². The number of benzene rings is 1. The van der Waals surface area contributed by atoms with Crippen molar-refractivity contribution < 1.29 is 8.78 Å². The molecule has 0 saturated heterocycles. The molecule has 1 aliphatic carbocycles. The zero-order chi connectivity index (χ0) is 20.0. The number of aromatic nitrogens is 3. The predicted octanol–water partition coefficient (Wildman–Crippen LogP) is 2.80. The molecule has 1 aromatic carbocycles. The minimum atomic E-state index is -0.545. The first-order valence-corrected chi connectivity index (χ1v) is 9.85. The molecule has 0 bridgehead atoms. The first-order valence-electron chi connectivity index (χ1n) is 9.85. The smallest absolute Gasteiger partial charge is 0.191 e. The van der Waals surface area contributed by atoms with Gasteiger partial charge in [-0.05, 0) is 25.0 Å². The Balaban J connectivity index is 1.62. The fraction of sp³-hybridized carbons (Fsp3) is 0.550. The Labute approximate surface area is 164 Å². The van der Waals surface area contributed by atoms with Crippen LogP contribution in [0.2, 0.25) is 0 Å². The summed E-state index contributed by atoms with van der Waals surface area (Å²) in [5, 5.41) is 14.5. The molecule has 1 aliphatic rings. The second-order valence-corrected chi connectivity index (χ2v) is 7.23. The Bertz CT molecular complexity index is 791. The van der Waals surface area contributed by atoms with Crippen LogP contribution in [0, 0.1) is 11.6 Å². The molecule has 2 aromatic rings. The summed E-state index contributed by atoms with van der Waals surface area (Å²) in [6.07, 6.45) is 5.99. The second kappa shape index (κ2) is 9.12. The molecule has 0 amide bonds. The van der Waals surface area contributed by atoms with Gasteiger partial charge in [-0.3, -0.25) is 4.99 Å². The standard InChI is InChI=1S/C20H28F2N6/c1-3-17-27-26-14-28(17)12-11-24-19(23-2)25-13-20(9-4-5-10-20)18-15(21)7-6-8-16(18)22/h6-8,14H,3-5,9-13H2,1-2H3,(H2,23,24,25). The van der Waals surface area contributed by atoms with Gasteiger partial charge in [0.05, 0.1) is 0 Å². The van der Waals surface area contributed by atoms with Gasteiger partial charge < -0.3 is 15.2 Å². The van der Waals surface area contributed by atoms with Gasteiger partial charge in [-0.2, -0.15) is 0 Å². The number of nitrogens with one attached hydrogen (secondary N) is 2. The highest BCUT2D eigenvalue weighted by atomic mass is 19.1. The van der Waals surface area contributed by atoms with E-state index in [1.165, 1.54) is 18.2 Å². The molecular weight excluding hydrogens is 362 g/mol. The van der Waals surface area contributed by atoms with Crippen molar-refractivity contribution in [3.05, 3.63) is 47.5 Å². The Hall–Kier alpha value is -2.51. The highest BCUT2D eigenvalue weighted by Crippen LogP contribution is 2.42. The summed E-state index contributed by atoms with van der Waals surface area (Å²) in [5.74, 6) is 0.622. The molecule has 6 nitrogen and oxygen atoms in total. The topological polar surface area (TPSA) is 67.1 Å². The van der Waals surface area contributed by atoms with E-state index in [1.54, 1.807) is 13.4 Å². The lowest BCUT2D eigenvalue weighted by atomic mass is 9.78. The van der Waals surface area contributed by atoms with Crippen molar-refractivity contribution in [1.29, 1.82) is 0 Å². The van der Waals surface area contributed by atoms with Gasteiger partial charge in [0.25, 0.3) is 0 Å². The molecule has 2 N–H and O–H groups in total. The van der Waals surface area contributed by atoms with Gasteiger partial charge in [0.15, 0.2) is 5.96 Å². The third-order valence-corrected chi connectivity index (χ3v) is 5.53. The van der Waals surface area contributed by atoms with E-state index in [1.807, 2.05) is 11.5 Å². The maximum Gasteiger partial charge on any atom is 0.191 e. The average Bonchev–Trinajstić information content (AvgIpc) is 3.34. The number of hydrogen-bond acceptors (Lipinski definition) is 3. The number of guanidine groups is 1. The fourth-order valence-electron chi connectivity index (χ4n) is 4.08. The van der Waals surface area contributed by atoms with Crippen molar-refractivity contribution in [2.24, 2.45) is 4.99 Å². The molecular formula is C20H28F2N6. The van der Waals surface area contributed by atoms with Crippen LogP contribution in [0.3, 0.4) is 0 Å². The lowest BCUT2D eigenvalue weighted by Gasteiger charge is -2.31. The normalized spacial score (nSPS) is 16.4. The van der Waals surface area contributed by atoms with Gasteiger partial charge in [-0.25, -0.2) is 8.78 Å². The second-order valence-electron chi connectivity index (χ2n) is 7.23. The largest absolute Gasteiger partial charge is 0.356 e. The first-order chi connectivity index (χ1) is 13.6. The molecule has 152 valence electrons. The molecule has 1 aromatic heterocycles. The highest BCUT2D eigenvalue weighted by molar-refractivity contribution is 5.79. The molecule has 8 heteroatoms. The summed E-state index contributed by atoms with van der Waals surface area (Å²) in [7, 11) is 1.69. The molecule has 3 rings (SSSR count). The molecule has 0 radical (unpaired) electrons. The van der Waals surface area contributed by atoms with Gasteiger partial charge >= 0.3 is 0 Å². The quantitative estimate of drug-likeness (QED) is 0.564.